The molecule has 0 bridgehead atoms. The highest BCUT2D eigenvalue weighted by atomic mass is 35.5. The number of hydrogen-bond donors (Lipinski definition) is 2. The number of rotatable bonds is 11. The summed E-state index contributed by atoms with van der Waals surface area (Å²) in [5.41, 5.74) is 6.68. The van der Waals surface area contributed by atoms with E-state index in [0.29, 0.717) is 52.4 Å². The Morgan fingerprint density at radius 3 is 2.24 bits per heavy atom. The molecule has 8 nitrogen and oxygen atoms in total. The van der Waals surface area contributed by atoms with Gasteiger partial charge < -0.3 is 25.2 Å². The molecule has 2 aliphatic rings. The topological polar surface area (TPSA) is 94.6 Å². The van der Waals surface area contributed by atoms with Crippen LogP contribution in [0.2, 0.25) is 5.02 Å². The molecule has 49 heavy (non-hydrogen) atoms. The van der Waals surface area contributed by atoms with Gasteiger partial charge in [-0.05, 0) is 137 Å². The Labute approximate surface area is 295 Å². The van der Waals surface area contributed by atoms with Gasteiger partial charge in [0.15, 0.2) is 0 Å². The van der Waals surface area contributed by atoms with E-state index in [4.69, 9.17) is 11.6 Å². The molecular weight excluding hydrogens is 641 g/mol. The molecule has 0 saturated carbocycles. The van der Waals surface area contributed by atoms with Crippen molar-refractivity contribution in [2.24, 2.45) is 11.3 Å². The first kappa shape index (κ1) is 38.0. The number of hydrogen-bond acceptors (Lipinski definition) is 6. The Hall–Kier alpha value is -3.82. The highest BCUT2D eigenvalue weighted by Gasteiger charge is 2.45. The molecule has 0 unspecified atom stereocenters. The number of pyridine rings is 1. The molecule has 2 N–H and O–H groups in total. The molecule has 1 aromatic heterocycles. The second-order valence-electron chi connectivity index (χ2n) is 14.3. The molecule has 2 amide bonds. The van der Waals surface area contributed by atoms with E-state index in [2.05, 4.69) is 53.2 Å². The first-order valence-electron chi connectivity index (χ1n) is 17.2. The molecule has 264 valence electrons. The fraction of sp³-hybridized carbons (Fsp3) is 0.487. The van der Waals surface area contributed by atoms with Gasteiger partial charge in [-0.25, -0.2) is 9.37 Å². The van der Waals surface area contributed by atoms with Crippen molar-refractivity contribution in [3.8, 4) is 11.1 Å². The van der Waals surface area contributed by atoms with Crippen molar-refractivity contribution >= 4 is 36.0 Å². The average molecular weight is 692 g/mol. The molecule has 2 aliphatic heterocycles. The monoisotopic (exact) mass is 691 g/mol. The van der Waals surface area contributed by atoms with Crippen molar-refractivity contribution in [2.75, 3.05) is 44.7 Å². The van der Waals surface area contributed by atoms with Crippen LogP contribution in [0.4, 0.5) is 10.2 Å². The number of nitrogens with one attached hydrogen (secondary N) is 2. The van der Waals surface area contributed by atoms with E-state index in [1.807, 2.05) is 38.1 Å². The van der Waals surface area contributed by atoms with Crippen LogP contribution in [-0.4, -0.2) is 68.3 Å². The number of halogens is 2. The van der Waals surface area contributed by atoms with Crippen molar-refractivity contribution < 1.29 is 18.8 Å². The fourth-order valence-electron chi connectivity index (χ4n) is 6.88. The third-order valence-corrected chi connectivity index (χ3v) is 9.97. The molecule has 0 radical (unpaired) electrons. The maximum Gasteiger partial charge on any atom is 0.269 e. The second-order valence-corrected chi connectivity index (χ2v) is 14.7. The molecule has 2 aromatic carbocycles. The maximum atomic E-state index is 14.6. The van der Waals surface area contributed by atoms with Gasteiger partial charge in [-0.1, -0.05) is 31.5 Å². The highest BCUT2D eigenvalue weighted by Crippen LogP contribution is 2.42. The molecule has 3 heterocycles. The van der Waals surface area contributed by atoms with E-state index in [0.717, 1.165) is 53.1 Å². The minimum Gasteiger partial charge on any atom is -0.355 e. The summed E-state index contributed by atoms with van der Waals surface area (Å²) in [5, 5.41) is 6.15. The van der Waals surface area contributed by atoms with Gasteiger partial charge in [0.25, 0.3) is 5.91 Å². The summed E-state index contributed by atoms with van der Waals surface area (Å²) in [6, 6.07) is 10.3. The Bertz CT molecular complexity index is 1610. The van der Waals surface area contributed by atoms with Crippen LogP contribution in [0.1, 0.15) is 83.9 Å². The molecule has 0 aliphatic carbocycles. The molecule has 1 spiro atoms. The zero-order valence-corrected chi connectivity index (χ0v) is 30.7. The van der Waals surface area contributed by atoms with E-state index in [1.54, 1.807) is 19.1 Å². The SMILES string of the molecule is Cc1cc(-c2c(C)cc(Cl)cc2C)cc([C@H](CC=O)NC=O)c1F.Cc1ccc(C(=O)NCCC(C)C)nc1N1CC2(CCN(C)CC2)C1. The second kappa shape index (κ2) is 16.7. The molecule has 2 saturated heterocycles. The van der Waals surface area contributed by atoms with Crippen molar-refractivity contribution in [3.05, 3.63) is 80.7 Å². The summed E-state index contributed by atoms with van der Waals surface area (Å²) in [6.07, 6.45) is 4.70. The Balaban J connectivity index is 0.000000221. The van der Waals surface area contributed by atoms with Crippen LogP contribution in [0.3, 0.4) is 0 Å². The molecule has 1 atom stereocenters. The number of aryl methyl sites for hydroxylation is 4. The van der Waals surface area contributed by atoms with E-state index in [1.165, 1.54) is 25.9 Å². The Kier molecular flexibility index (Phi) is 13.0. The number of benzene rings is 2. The molecule has 2 fully saturated rings. The lowest BCUT2D eigenvalue weighted by Gasteiger charge is -2.54. The van der Waals surface area contributed by atoms with Crippen LogP contribution in [0.25, 0.3) is 11.1 Å². The molecule has 10 heteroatoms. The van der Waals surface area contributed by atoms with Crippen LogP contribution in [-0.2, 0) is 9.59 Å². The molecule has 5 rings (SSSR count). The number of piperidine rings is 1. The molecule has 3 aromatic rings. The average Bonchev–Trinajstić information content (AvgIpc) is 3.02. The molecular formula is C39H51ClFN5O3. The van der Waals surface area contributed by atoms with Gasteiger partial charge in [-0.15, -0.1) is 0 Å². The lowest BCUT2D eigenvalue weighted by Crippen LogP contribution is -2.60. The predicted molar refractivity (Wildman–Crippen MR) is 196 cm³/mol. The van der Waals surface area contributed by atoms with Gasteiger partial charge in [0.1, 0.15) is 23.6 Å². The summed E-state index contributed by atoms with van der Waals surface area (Å²) in [5.74, 6) is 1.11. The number of nitrogens with zero attached hydrogens (tertiary/aromatic N) is 3. The first-order valence-corrected chi connectivity index (χ1v) is 17.5. The van der Waals surface area contributed by atoms with E-state index in [-0.39, 0.29) is 12.3 Å². The van der Waals surface area contributed by atoms with Crippen LogP contribution in [0.15, 0.2) is 36.4 Å². The third-order valence-electron chi connectivity index (χ3n) is 9.76. The number of anilines is 1. The van der Waals surface area contributed by atoms with E-state index < -0.39 is 11.9 Å². The Morgan fingerprint density at radius 1 is 1.00 bits per heavy atom. The first-order chi connectivity index (χ1) is 23.3. The van der Waals surface area contributed by atoms with Gasteiger partial charge >= 0.3 is 0 Å². The normalized spacial score (nSPS) is 16.0. The maximum absolute atomic E-state index is 14.6. The van der Waals surface area contributed by atoms with Gasteiger partial charge in [-0.2, -0.15) is 0 Å². The number of aromatic nitrogens is 1. The van der Waals surface area contributed by atoms with Crippen molar-refractivity contribution in [2.45, 2.75) is 73.3 Å². The largest absolute Gasteiger partial charge is 0.355 e. The standard InChI is InChI=1S/C20H32N4O.C19H19ClFNO2/c1-15(2)7-10-21-19(25)17-6-5-16(3)18(22-17)24-13-20(14-24)8-11-23(4)12-9-20;1-11-7-15(20)8-12(2)18(11)14-6-13(3)19(21)16(9-14)17(4-5-23)22-10-24/h5-6,15H,7-14H2,1-4H3,(H,21,25);5-10,17H,4H2,1-3H3,(H,22,24)/t;17-/m.0/s1. The number of carbonyl (C=O) groups excluding carboxylic acids is 3. The van der Waals surface area contributed by atoms with Crippen molar-refractivity contribution in [1.29, 1.82) is 0 Å². The number of carbonyl (C=O) groups is 3. The zero-order chi connectivity index (χ0) is 35.9. The zero-order valence-electron chi connectivity index (χ0n) is 30.0. The summed E-state index contributed by atoms with van der Waals surface area (Å²) < 4.78 is 14.6. The van der Waals surface area contributed by atoms with Gasteiger partial charge in [0.05, 0.1) is 6.04 Å². The minimum atomic E-state index is -0.688. The minimum absolute atomic E-state index is 0.0110. The smallest absolute Gasteiger partial charge is 0.269 e. The fourth-order valence-corrected chi connectivity index (χ4v) is 7.20. The van der Waals surface area contributed by atoms with Crippen molar-refractivity contribution in [3.63, 3.8) is 0 Å². The van der Waals surface area contributed by atoms with Gasteiger partial charge in [0.2, 0.25) is 6.41 Å². The van der Waals surface area contributed by atoms with E-state index >= 15 is 0 Å². The van der Waals surface area contributed by atoms with Crippen LogP contribution >= 0.6 is 11.6 Å². The summed E-state index contributed by atoms with van der Waals surface area (Å²) in [7, 11) is 2.20. The highest BCUT2D eigenvalue weighted by molar-refractivity contribution is 6.30. The van der Waals surface area contributed by atoms with E-state index in [9.17, 15) is 18.8 Å². The van der Waals surface area contributed by atoms with Crippen molar-refractivity contribution in [1.82, 2.24) is 20.5 Å². The Morgan fingerprint density at radius 2 is 1.65 bits per heavy atom. The van der Waals surface area contributed by atoms with Gasteiger partial charge in [-0.3, -0.25) is 9.59 Å². The van der Waals surface area contributed by atoms with Gasteiger partial charge in [0, 0.05) is 42.1 Å². The summed E-state index contributed by atoms with van der Waals surface area (Å²) in [4.78, 5) is 43.5. The lowest BCUT2D eigenvalue weighted by molar-refractivity contribution is -0.111. The quantitative estimate of drug-likeness (QED) is 0.208. The summed E-state index contributed by atoms with van der Waals surface area (Å²) >= 11 is 6.08. The summed E-state index contributed by atoms with van der Waals surface area (Å²) in [6.45, 7) is 17.2. The predicted octanol–water partition coefficient (Wildman–Crippen LogP) is 7.15. The van der Waals surface area contributed by atoms with Crippen LogP contribution < -0.4 is 15.5 Å². The number of aldehydes is 1. The number of likely N-dealkylation sites (tertiary alicyclic amines) is 1. The van der Waals surface area contributed by atoms with Crippen LogP contribution in [0.5, 0.6) is 0 Å². The lowest BCUT2D eigenvalue weighted by atomic mass is 9.72. The third kappa shape index (κ3) is 9.45. The van der Waals surface area contributed by atoms with Crippen LogP contribution in [0, 0.1) is 44.8 Å². The number of amides is 2.